The van der Waals surface area contributed by atoms with Crippen LogP contribution in [0.1, 0.15) is 41.1 Å². The highest BCUT2D eigenvalue weighted by molar-refractivity contribution is 5.91. The quantitative estimate of drug-likeness (QED) is 0.893. The lowest BCUT2D eigenvalue weighted by Gasteiger charge is -2.16. The van der Waals surface area contributed by atoms with Crippen LogP contribution in [0.25, 0.3) is 0 Å². The molecule has 0 spiro atoms. The van der Waals surface area contributed by atoms with Crippen molar-refractivity contribution in [3.63, 3.8) is 0 Å². The Kier molecular flexibility index (Phi) is 3.82. The molecule has 1 heterocycles. The normalized spacial score (nSPS) is 12.1. The fourth-order valence-corrected chi connectivity index (χ4v) is 1.86. The van der Waals surface area contributed by atoms with Crippen molar-refractivity contribution < 1.29 is 9.21 Å². The number of hydrogen-bond donors (Lipinski definition) is 1. The molecular weight excluding hydrogens is 226 g/mol. The Morgan fingerprint density at radius 3 is 2.56 bits per heavy atom. The van der Waals surface area contributed by atoms with E-state index in [-0.39, 0.29) is 11.9 Å². The third kappa shape index (κ3) is 2.80. The van der Waals surface area contributed by atoms with Gasteiger partial charge in [0.25, 0.3) is 5.91 Å². The molecule has 1 aromatic heterocycles. The number of carbonyl (C=O) groups excluding carboxylic acids is 1. The van der Waals surface area contributed by atoms with Crippen LogP contribution in [0.4, 0.5) is 0 Å². The first-order chi connectivity index (χ1) is 8.70. The average molecular weight is 243 g/mol. The lowest BCUT2D eigenvalue weighted by atomic mass is 10.0. The first kappa shape index (κ1) is 12.4. The summed E-state index contributed by atoms with van der Waals surface area (Å²) in [6.45, 7) is 4.10. The third-order valence-electron chi connectivity index (χ3n) is 2.94. The van der Waals surface area contributed by atoms with Gasteiger partial charge in [0.2, 0.25) is 0 Å². The zero-order chi connectivity index (χ0) is 13.0. The van der Waals surface area contributed by atoms with Gasteiger partial charge in [-0.1, -0.05) is 36.8 Å². The number of aryl methyl sites for hydroxylation is 1. The van der Waals surface area contributed by atoms with E-state index in [1.54, 1.807) is 12.1 Å². The van der Waals surface area contributed by atoms with Crippen molar-refractivity contribution >= 4 is 5.91 Å². The summed E-state index contributed by atoms with van der Waals surface area (Å²) in [7, 11) is 0. The third-order valence-corrected chi connectivity index (χ3v) is 2.94. The molecule has 2 aromatic rings. The van der Waals surface area contributed by atoms with Crippen LogP contribution >= 0.6 is 0 Å². The van der Waals surface area contributed by atoms with E-state index in [1.165, 1.54) is 11.8 Å². The van der Waals surface area contributed by atoms with E-state index >= 15 is 0 Å². The summed E-state index contributed by atoms with van der Waals surface area (Å²) in [6, 6.07) is 11.6. The van der Waals surface area contributed by atoms with E-state index < -0.39 is 0 Å². The highest BCUT2D eigenvalue weighted by Gasteiger charge is 2.15. The van der Waals surface area contributed by atoms with E-state index in [1.807, 2.05) is 26.0 Å². The molecule has 1 aromatic carbocycles. The molecule has 0 radical (unpaired) electrons. The molecule has 0 aliphatic heterocycles. The molecule has 2 rings (SSSR count). The van der Waals surface area contributed by atoms with Gasteiger partial charge in [-0.25, -0.2) is 0 Å². The minimum Gasteiger partial charge on any atom is -0.459 e. The second kappa shape index (κ2) is 5.54. The summed E-state index contributed by atoms with van der Waals surface area (Å²) in [6.07, 6.45) is 2.34. The second-order valence-electron chi connectivity index (χ2n) is 4.32. The van der Waals surface area contributed by atoms with Crippen LogP contribution in [0.3, 0.4) is 0 Å². The van der Waals surface area contributed by atoms with Crippen LogP contribution < -0.4 is 5.32 Å². The molecule has 0 saturated heterocycles. The molecule has 94 valence electrons. The monoisotopic (exact) mass is 243 g/mol. The lowest BCUT2D eigenvalue weighted by Crippen LogP contribution is -2.27. The van der Waals surface area contributed by atoms with Crippen molar-refractivity contribution in [1.82, 2.24) is 5.32 Å². The largest absolute Gasteiger partial charge is 0.459 e. The first-order valence-corrected chi connectivity index (χ1v) is 6.11. The van der Waals surface area contributed by atoms with Crippen LogP contribution in [-0.4, -0.2) is 5.91 Å². The smallest absolute Gasteiger partial charge is 0.287 e. The first-order valence-electron chi connectivity index (χ1n) is 6.11. The van der Waals surface area contributed by atoms with Gasteiger partial charge in [0.05, 0.1) is 12.3 Å². The minimum atomic E-state index is -0.174. The zero-order valence-electron chi connectivity index (χ0n) is 10.6. The summed E-state index contributed by atoms with van der Waals surface area (Å²) in [5.74, 6) is 0.174. The number of nitrogens with one attached hydrogen (secondary N) is 1. The van der Waals surface area contributed by atoms with Crippen molar-refractivity contribution in [3.05, 3.63) is 59.5 Å². The van der Waals surface area contributed by atoms with Crippen LogP contribution in [0, 0.1) is 6.92 Å². The zero-order valence-corrected chi connectivity index (χ0v) is 10.6. The van der Waals surface area contributed by atoms with Crippen LogP contribution in [0.5, 0.6) is 0 Å². The van der Waals surface area contributed by atoms with Crippen molar-refractivity contribution in [2.24, 2.45) is 0 Å². The van der Waals surface area contributed by atoms with Crippen molar-refractivity contribution in [1.29, 1.82) is 0 Å². The molecule has 1 N–H and O–H groups in total. The maximum absolute atomic E-state index is 11.9. The van der Waals surface area contributed by atoms with Crippen LogP contribution in [-0.2, 0) is 0 Å². The van der Waals surface area contributed by atoms with Gasteiger partial charge < -0.3 is 9.73 Å². The Morgan fingerprint density at radius 2 is 2.00 bits per heavy atom. The Bertz CT molecular complexity index is 500. The van der Waals surface area contributed by atoms with Crippen molar-refractivity contribution in [2.75, 3.05) is 0 Å². The van der Waals surface area contributed by atoms with E-state index in [4.69, 9.17) is 4.42 Å². The Labute approximate surface area is 107 Å². The maximum Gasteiger partial charge on any atom is 0.287 e. The number of amides is 1. The van der Waals surface area contributed by atoms with E-state index in [9.17, 15) is 4.79 Å². The standard InChI is InChI=1S/C15H17NO2/c1-3-13(12-8-6-11(2)7-9-12)16-15(17)14-5-4-10-18-14/h4-10,13H,3H2,1-2H3,(H,16,17). The van der Waals surface area contributed by atoms with E-state index in [0.717, 1.165) is 12.0 Å². The fraction of sp³-hybridized carbons (Fsp3) is 0.267. The van der Waals surface area contributed by atoms with Gasteiger partial charge in [-0.15, -0.1) is 0 Å². The Balaban J connectivity index is 2.10. The fourth-order valence-electron chi connectivity index (χ4n) is 1.86. The molecule has 1 atom stereocenters. The molecule has 0 saturated carbocycles. The van der Waals surface area contributed by atoms with E-state index in [2.05, 4.69) is 17.4 Å². The number of rotatable bonds is 4. The van der Waals surface area contributed by atoms with Gasteiger partial charge >= 0.3 is 0 Å². The van der Waals surface area contributed by atoms with Gasteiger partial charge in [0, 0.05) is 0 Å². The summed E-state index contributed by atoms with van der Waals surface area (Å²) >= 11 is 0. The number of carbonyl (C=O) groups is 1. The molecule has 3 heteroatoms. The number of hydrogen-bond acceptors (Lipinski definition) is 2. The average Bonchev–Trinajstić information content (AvgIpc) is 2.91. The summed E-state index contributed by atoms with van der Waals surface area (Å²) in [5.41, 5.74) is 2.33. The molecule has 1 unspecified atom stereocenters. The van der Waals surface area contributed by atoms with Gasteiger partial charge in [0.1, 0.15) is 0 Å². The predicted molar refractivity (Wildman–Crippen MR) is 70.4 cm³/mol. The Hall–Kier alpha value is -2.03. The number of furan rings is 1. The van der Waals surface area contributed by atoms with Crippen LogP contribution in [0.2, 0.25) is 0 Å². The van der Waals surface area contributed by atoms with E-state index in [0.29, 0.717) is 5.76 Å². The van der Waals surface area contributed by atoms with Gasteiger partial charge in [0.15, 0.2) is 5.76 Å². The molecule has 0 bridgehead atoms. The molecule has 0 aliphatic carbocycles. The molecule has 18 heavy (non-hydrogen) atoms. The maximum atomic E-state index is 11.9. The molecule has 1 amide bonds. The summed E-state index contributed by atoms with van der Waals surface area (Å²) in [5, 5.41) is 2.97. The highest BCUT2D eigenvalue weighted by atomic mass is 16.3. The topological polar surface area (TPSA) is 42.2 Å². The van der Waals surface area contributed by atoms with Gasteiger partial charge in [-0.3, -0.25) is 4.79 Å². The minimum absolute atomic E-state index is 0.0169. The summed E-state index contributed by atoms with van der Waals surface area (Å²) < 4.78 is 5.08. The summed E-state index contributed by atoms with van der Waals surface area (Å²) in [4.78, 5) is 11.9. The predicted octanol–water partition coefficient (Wildman–Crippen LogP) is 3.47. The molecule has 3 nitrogen and oxygen atoms in total. The highest BCUT2D eigenvalue weighted by Crippen LogP contribution is 2.17. The van der Waals surface area contributed by atoms with Gasteiger partial charge in [-0.2, -0.15) is 0 Å². The Morgan fingerprint density at radius 1 is 1.28 bits per heavy atom. The van der Waals surface area contributed by atoms with Crippen molar-refractivity contribution in [3.8, 4) is 0 Å². The van der Waals surface area contributed by atoms with Gasteiger partial charge in [-0.05, 0) is 31.0 Å². The van der Waals surface area contributed by atoms with Crippen molar-refractivity contribution in [2.45, 2.75) is 26.3 Å². The van der Waals surface area contributed by atoms with Crippen LogP contribution in [0.15, 0.2) is 47.1 Å². The molecule has 0 aliphatic rings. The number of benzene rings is 1. The second-order valence-corrected chi connectivity index (χ2v) is 4.32. The lowest BCUT2D eigenvalue weighted by molar-refractivity contribution is 0.0907. The molecule has 0 fully saturated rings. The SMILES string of the molecule is CCC(NC(=O)c1ccco1)c1ccc(C)cc1. The molecular formula is C15H17NO2.